The van der Waals surface area contributed by atoms with Crippen LogP contribution in [0.3, 0.4) is 0 Å². The van der Waals surface area contributed by atoms with E-state index in [9.17, 15) is 9.59 Å². The highest BCUT2D eigenvalue weighted by atomic mass is 32.3. The monoisotopic (exact) mass is 903 g/mol. The van der Waals surface area contributed by atoms with Crippen molar-refractivity contribution < 1.29 is 28.5 Å². The highest BCUT2D eigenvalue weighted by Crippen LogP contribution is 2.36. The van der Waals surface area contributed by atoms with Gasteiger partial charge in [0.2, 0.25) is 0 Å². The van der Waals surface area contributed by atoms with Crippen LogP contribution in [-0.2, 0) is 25.7 Å². The molecule has 1 aromatic heterocycles. The molecule has 0 saturated carbocycles. The van der Waals surface area contributed by atoms with E-state index in [1.807, 2.05) is 78.3 Å². The molecular weight excluding hydrogens is 829 g/mol. The number of allylic oxidation sites excluding steroid dienone is 4. The molecule has 0 aromatic carbocycles. The SMILES string of the molecule is CC(C)(C)OC(=O)N1CCCC1c1ncc(C2=CC=C(C3=CC=C(/C(=C/N=C[C@@H]4CCCN4C(=O)OC(C)(C)C)NCOCCS(C)(C)C)NN3)NN2)n1COCCS(C)(C)C. The summed E-state index contributed by atoms with van der Waals surface area (Å²) in [5.41, 5.74) is 17.0. The predicted octanol–water partition coefficient (Wildman–Crippen LogP) is 6.40. The maximum absolute atomic E-state index is 13.3. The van der Waals surface area contributed by atoms with E-state index in [-0.39, 0.29) is 24.3 Å². The highest BCUT2D eigenvalue weighted by molar-refractivity contribution is 8.32. The standard InChI is InChI=1S/C44H74N10O6S2/c1-43(2,3)59-41(55)52-21-13-15-32(52)27-45-28-37(47-30-57-23-25-61(7,8)9)35-18-17-33(48-50-35)34-19-20-36(51-49-34)39-29-46-40(54(39)31-58-24-26-62(10,11)12)38-16-14-22-53(38)42(56)60-44(4,5)6/h17-20,27-29,32,38,47-51H,13-16,21-26,30-31H2,1-12H3/b37-28-,45-27?/t32-,38?/m0/s1. The maximum Gasteiger partial charge on any atom is 0.410 e. The number of rotatable bonds is 17. The Labute approximate surface area is 373 Å². The van der Waals surface area contributed by atoms with Gasteiger partial charge in [0.1, 0.15) is 30.5 Å². The molecule has 0 aliphatic carbocycles. The molecule has 62 heavy (non-hydrogen) atoms. The minimum atomic E-state index is -0.727. The summed E-state index contributed by atoms with van der Waals surface area (Å²) < 4.78 is 25.7. The Morgan fingerprint density at radius 2 is 1.35 bits per heavy atom. The Hall–Kier alpha value is -4.26. The molecule has 348 valence electrons. The fourth-order valence-corrected chi connectivity index (χ4v) is 8.10. The van der Waals surface area contributed by atoms with Crippen molar-refractivity contribution in [3.8, 4) is 0 Å². The summed E-state index contributed by atoms with van der Waals surface area (Å²) in [5.74, 6) is 2.77. The average Bonchev–Trinajstić information content (AvgIpc) is 3.94. The van der Waals surface area contributed by atoms with Crippen LogP contribution in [0.15, 0.2) is 64.5 Å². The van der Waals surface area contributed by atoms with Gasteiger partial charge < -0.3 is 33.7 Å². The van der Waals surface area contributed by atoms with Crippen LogP contribution in [0.1, 0.15) is 84.8 Å². The smallest absolute Gasteiger partial charge is 0.410 e. The first-order valence-corrected chi connectivity index (χ1v) is 27.5. The van der Waals surface area contributed by atoms with Crippen LogP contribution < -0.4 is 27.0 Å². The quantitative estimate of drug-likeness (QED) is 0.0665. The predicted molar refractivity (Wildman–Crippen MR) is 255 cm³/mol. The van der Waals surface area contributed by atoms with Crippen molar-refractivity contribution in [2.45, 2.75) is 97.2 Å². The zero-order valence-corrected chi connectivity index (χ0v) is 40.8. The first-order chi connectivity index (χ1) is 29.1. The normalized spacial score (nSPS) is 20.6. The Kier molecular flexibility index (Phi) is 16.5. The van der Waals surface area contributed by atoms with Gasteiger partial charge in [-0.25, -0.2) is 34.6 Å². The van der Waals surface area contributed by atoms with Crippen molar-refractivity contribution in [3.63, 3.8) is 0 Å². The third kappa shape index (κ3) is 14.9. The fraction of sp³-hybridized carbons (Fsp3) is 0.636. The molecule has 18 heteroatoms. The maximum atomic E-state index is 13.3. The number of hydrogen-bond acceptors (Lipinski definition) is 13. The van der Waals surface area contributed by atoms with Crippen molar-refractivity contribution in [2.24, 2.45) is 4.99 Å². The van der Waals surface area contributed by atoms with E-state index >= 15 is 0 Å². The summed E-state index contributed by atoms with van der Waals surface area (Å²) in [5, 5.41) is 3.39. The molecule has 1 unspecified atom stereocenters. The number of aliphatic imine (C=N–C) groups is 1. The van der Waals surface area contributed by atoms with E-state index in [4.69, 9.17) is 23.9 Å². The number of likely N-dealkylation sites (tertiary alicyclic amines) is 2. The molecular formula is C44H74N10O6S2. The lowest BCUT2D eigenvalue weighted by molar-refractivity contribution is 0.0202. The molecule has 5 rings (SSSR count). The van der Waals surface area contributed by atoms with Gasteiger partial charge in [0.15, 0.2) is 0 Å². The number of hydrogen-bond donors (Lipinski definition) is 5. The second kappa shape index (κ2) is 20.9. The first kappa shape index (κ1) is 48.8. The van der Waals surface area contributed by atoms with E-state index in [1.54, 1.807) is 16.0 Å². The van der Waals surface area contributed by atoms with Gasteiger partial charge in [-0.3, -0.25) is 31.6 Å². The van der Waals surface area contributed by atoms with E-state index in [0.29, 0.717) is 39.8 Å². The highest BCUT2D eigenvalue weighted by Gasteiger charge is 2.37. The lowest BCUT2D eigenvalue weighted by Gasteiger charge is -2.29. The third-order valence-corrected chi connectivity index (χ3v) is 12.9. The van der Waals surface area contributed by atoms with E-state index < -0.39 is 31.3 Å². The van der Waals surface area contributed by atoms with Crippen LogP contribution in [0.25, 0.3) is 5.70 Å². The van der Waals surface area contributed by atoms with Gasteiger partial charge in [0.05, 0.1) is 71.9 Å². The summed E-state index contributed by atoms with van der Waals surface area (Å²) in [6, 6.07) is -0.380. The topological polar surface area (TPSA) is 168 Å². The van der Waals surface area contributed by atoms with Crippen LogP contribution in [0.2, 0.25) is 0 Å². The molecule has 4 aliphatic rings. The van der Waals surface area contributed by atoms with E-state index in [1.165, 1.54) is 0 Å². The lowest BCUT2D eigenvalue weighted by Crippen LogP contribution is -2.42. The van der Waals surface area contributed by atoms with Gasteiger partial charge in [0, 0.05) is 30.8 Å². The molecule has 2 saturated heterocycles. The summed E-state index contributed by atoms with van der Waals surface area (Å²) in [4.78, 5) is 39.3. The van der Waals surface area contributed by atoms with Crippen LogP contribution in [-0.4, -0.2) is 137 Å². The number of hydrazine groups is 2. The largest absolute Gasteiger partial charge is 0.444 e. The van der Waals surface area contributed by atoms with Gasteiger partial charge in [-0.05, 0) is 129 Å². The first-order valence-electron chi connectivity index (χ1n) is 21.5. The van der Waals surface area contributed by atoms with Gasteiger partial charge in [-0.2, -0.15) is 0 Å². The van der Waals surface area contributed by atoms with Crippen molar-refractivity contribution in [2.75, 3.05) is 82.1 Å². The molecule has 0 bridgehead atoms. The summed E-state index contributed by atoms with van der Waals surface area (Å²) in [7, 11) is -1.40. The third-order valence-electron chi connectivity index (χ3n) is 10.1. The minimum Gasteiger partial charge on any atom is -0.444 e. The van der Waals surface area contributed by atoms with Gasteiger partial charge in [0.25, 0.3) is 0 Å². The van der Waals surface area contributed by atoms with Crippen LogP contribution in [0.5, 0.6) is 0 Å². The molecule has 16 nitrogen and oxygen atoms in total. The molecule has 2 atom stereocenters. The summed E-state index contributed by atoms with van der Waals surface area (Å²) in [6.45, 7) is 14.4. The fourth-order valence-electron chi connectivity index (χ4n) is 6.87. The van der Waals surface area contributed by atoms with Crippen molar-refractivity contribution >= 4 is 44.2 Å². The molecule has 2 amide bonds. The van der Waals surface area contributed by atoms with Gasteiger partial charge in [-0.1, -0.05) is 0 Å². The van der Waals surface area contributed by atoms with Crippen LogP contribution >= 0.6 is 20.1 Å². The minimum absolute atomic E-state index is 0.150. The van der Waals surface area contributed by atoms with Crippen molar-refractivity contribution in [3.05, 3.63) is 71.0 Å². The number of amides is 2. The van der Waals surface area contributed by atoms with E-state index in [0.717, 1.165) is 77.2 Å². The summed E-state index contributed by atoms with van der Waals surface area (Å²) in [6.07, 6.45) is 29.7. The zero-order valence-electron chi connectivity index (χ0n) is 39.2. The molecule has 0 spiro atoms. The summed E-state index contributed by atoms with van der Waals surface area (Å²) >= 11 is 0. The number of carbonyl (C=O) groups is 2. The number of nitrogens with zero attached hydrogens (tertiary/aromatic N) is 5. The van der Waals surface area contributed by atoms with Gasteiger partial charge in [-0.15, -0.1) is 0 Å². The molecule has 5 N–H and O–H groups in total. The second-order valence-corrected chi connectivity index (χ2v) is 28.8. The zero-order chi connectivity index (χ0) is 45.3. The molecule has 2 fully saturated rings. The lowest BCUT2D eigenvalue weighted by atomic mass is 10.2. The average molecular weight is 903 g/mol. The number of aromatic nitrogens is 2. The number of nitrogens with one attached hydrogen (secondary N) is 5. The molecule has 0 radical (unpaired) electrons. The van der Waals surface area contributed by atoms with Gasteiger partial charge >= 0.3 is 12.2 Å². The number of imidazole rings is 1. The Balaban J connectivity index is 1.34. The number of ether oxygens (including phenoxy) is 4. The van der Waals surface area contributed by atoms with Crippen molar-refractivity contribution in [1.29, 1.82) is 0 Å². The Morgan fingerprint density at radius 3 is 1.95 bits per heavy atom. The Bertz CT molecular complexity index is 1910. The molecule has 1 aromatic rings. The number of carbonyl (C=O) groups excluding carboxylic acids is 2. The Morgan fingerprint density at radius 1 is 0.790 bits per heavy atom. The van der Waals surface area contributed by atoms with Crippen LogP contribution in [0, 0.1) is 0 Å². The second-order valence-electron chi connectivity index (χ2n) is 19.7. The van der Waals surface area contributed by atoms with E-state index in [2.05, 4.69) is 74.1 Å². The molecule has 5 heterocycles. The van der Waals surface area contributed by atoms with Crippen LogP contribution in [0.4, 0.5) is 9.59 Å². The molecule has 4 aliphatic heterocycles. The van der Waals surface area contributed by atoms with Crippen molar-refractivity contribution in [1.82, 2.24) is 46.4 Å².